The second-order valence-electron chi connectivity index (χ2n) is 7.19. The second kappa shape index (κ2) is 7.73. The zero-order valence-corrected chi connectivity index (χ0v) is 16.9. The molecule has 0 unspecified atom stereocenters. The molecule has 1 fully saturated rings. The van der Waals surface area contributed by atoms with E-state index in [4.69, 9.17) is 0 Å². The Balaban J connectivity index is 1.49. The molecule has 1 aromatic heterocycles. The van der Waals surface area contributed by atoms with Gasteiger partial charge in [0.2, 0.25) is 10.0 Å². The Hall–Kier alpha value is -1.70. The summed E-state index contributed by atoms with van der Waals surface area (Å²) in [6.45, 7) is 2.51. The van der Waals surface area contributed by atoms with Gasteiger partial charge in [0.25, 0.3) is 5.91 Å². The Morgan fingerprint density at radius 3 is 2.33 bits per heavy atom. The van der Waals surface area contributed by atoms with Gasteiger partial charge in [-0.15, -0.1) is 11.3 Å². The van der Waals surface area contributed by atoms with Gasteiger partial charge in [-0.25, -0.2) is 8.42 Å². The molecule has 5 nitrogen and oxygen atoms in total. The van der Waals surface area contributed by atoms with Crippen LogP contribution in [0.15, 0.2) is 40.6 Å². The lowest BCUT2D eigenvalue weighted by atomic mass is 10.1. The average Bonchev–Trinajstić information content (AvgIpc) is 2.98. The number of rotatable bonds is 3. The van der Waals surface area contributed by atoms with Crippen LogP contribution in [0.3, 0.4) is 0 Å². The SMILES string of the molecule is O=C(c1ccc(S(=O)(=O)N2CCCCCC2)cc1)N1CCc2sccc2C1. The van der Waals surface area contributed by atoms with E-state index in [1.54, 1.807) is 39.9 Å². The van der Waals surface area contributed by atoms with E-state index in [1.165, 1.54) is 10.4 Å². The highest BCUT2D eigenvalue weighted by molar-refractivity contribution is 7.89. The molecule has 4 rings (SSSR count). The molecule has 1 aromatic carbocycles. The molecule has 0 N–H and O–H groups in total. The molecular formula is C20H24N2O3S2. The van der Waals surface area contributed by atoms with Crippen molar-refractivity contribution >= 4 is 27.3 Å². The molecule has 0 bridgehead atoms. The van der Waals surface area contributed by atoms with Crippen LogP contribution in [0.25, 0.3) is 0 Å². The van der Waals surface area contributed by atoms with Gasteiger partial charge < -0.3 is 4.90 Å². The van der Waals surface area contributed by atoms with Crippen LogP contribution < -0.4 is 0 Å². The summed E-state index contributed by atoms with van der Waals surface area (Å²) in [7, 11) is -3.48. The minimum absolute atomic E-state index is 0.0365. The van der Waals surface area contributed by atoms with Gasteiger partial charge in [0.05, 0.1) is 4.90 Å². The fourth-order valence-electron chi connectivity index (χ4n) is 3.80. The summed E-state index contributed by atoms with van der Waals surface area (Å²) < 4.78 is 27.3. The minimum atomic E-state index is -3.48. The molecule has 0 radical (unpaired) electrons. The van der Waals surface area contributed by atoms with E-state index in [2.05, 4.69) is 11.4 Å². The first-order valence-corrected chi connectivity index (χ1v) is 11.8. The lowest BCUT2D eigenvalue weighted by Gasteiger charge is -2.27. The molecule has 2 aliphatic heterocycles. The molecule has 1 saturated heterocycles. The van der Waals surface area contributed by atoms with Crippen LogP contribution in [0.5, 0.6) is 0 Å². The Kier molecular flexibility index (Phi) is 5.34. The lowest BCUT2D eigenvalue weighted by molar-refractivity contribution is 0.0735. The smallest absolute Gasteiger partial charge is 0.254 e. The Labute approximate surface area is 164 Å². The van der Waals surface area contributed by atoms with Gasteiger partial charge >= 0.3 is 0 Å². The van der Waals surface area contributed by atoms with Crippen molar-refractivity contribution in [3.05, 3.63) is 51.7 Å². The number of hydrogen-bond donors (Lipinski definition) is 0. The van der Waals surface area contributed by atoms with Crippen LogP contribution in [-0.2, 0) is 23.0 Å². The predicted octanol–water partition coefficient (Wildman–Crippen LogP) is 3.51. The van der Waals surface area contributed by atoms with E-state index in [0.717, 1.165) is 32.1 Å². The minimum Gasteiger partial charge on any atom is -0.334 e. The monoisotopic (exact) mass is 404 g/mol. The molecule has 144 valence electrons. The third-order valence-electron chi connectivity index (χ3n) is 5.40. The van der Waals surface area contributed by atoms with Crippen molar-refractivity contribution < 1.29 is 13.2 Å². The van der Waals surface area contributed by atoms with Gasteiger partial charge in [-0.3, -0.25) is 4.79 Å². The first-order valence-electron chi connectivity index (χ1n) is 9.50. The second-order valence-corrected chi connectivity index (χ2v) is 10.1. The lowest BCUT2D eigenvalue weighted by Crippen LogP contribution is -2.35. The van der Waals surface area contributed by atoms with Gasteiger partial charge in [0, 0.05) is 36.6 Å². The van der Waals surface area contributed by atoms with Crippen molar-refractivity contribution in [1.82, 2.24) is 9.21 Å². The number of nitrogens with zero attached hydrogens (tertiary/aromatic N) is 2. The third-order valence-corrected chi connectivity index (χ3v) is 8.33. The summed E-state index contributed by atoms with van der Waals surface area (Å²) in [5.41, 5.74) is 1.77. The number of carbonyl (C=O) groups is 1. The van der Waals surface area contributed by atoms with Crippen molar-refractivity contribution in [2.24, 2.45) is 0 Å². The van der Waals surface area contributed by atoms with E-state index in [9.17, 15) is 13.2 Å². The number of fused-ring (bicyclic) bond motifs is 1. The van der Waals surface area contributed by atoms with Gasteiger partial charge in [0.15, 0.2) is 0 Å². The van der Waals surface area contributed by atoms with E-state index in [-0.39, 0.29) is 10.8 Å². The van der Waals surface area contributed by atoms with Crippen molar-refractivity contribution in [2.45, 2.75) is 43.5 Å². The molecule has 27 heavy (non-hydrogen) atoms. The highest BCUT2D eigenvalue weighted by Gasteiger charge is 2.26. The molecule has 7 heteroatoms. The van der Waals surface area contributed by atoms with Gasteiger partial charge in [-0.05, 0) is 60.5 Å². The average molecular weight is 405 g/mol. The number of sulfonamides is 1. The summed E-state index contributed by atoms with van der Waals surface area (Å²) in [5, 5.41) is 2.07. The predicted molar refractivity (Wildman–Crippen MR) is 106 cm³/mol. The normalized spacial score (nSPS) is 18.7. The summed E-state index contributed by atoms with van der Waals surface area (Å²) in [5.74, 6) is -0.0365. The van der Waals surface area contributed by atoms with Crippen LogP contribution in [-0.4, -0.2) is 43.2 Å². The van der Waals surface area contributed by atoms with Crippen LogP contribution in [0.4, 0.5) is 0 Å². The van der Waals surface area contributed by atoms with Crippen LogP contribution in [0, 0.1) is 0 Å². The maximum absolute atomic E-state index is 12.9. The van der Waals surface area contributed by atoms with Crippen molar-refractivity contribution in [3.8, 4) is 0 Å². The summed E-state index contributed by atoms with van der Waals surface area (Å²) >= 11 is 1.75. The highest BCUT2D eigenvalue weighted by atomic mass is 32.2. The Morgan fingerprint density at radius 2 is 1.63 bits per heavy atom. The maximum atomic E-state index is 12.9. The fourth-order valence-corrected chi connectivity index (χ4v) is 6.21. The van der Waals surface area contributed by atoms with E-state index >= 15 is 0 Å². The van der Waals surface area contributed by atoms with E-state index < -0.39 is 10.0 Å². The zero-order valence-electron chi connectivity index (χ0n) is 15.3. The highest BCUT2D eigenvalue weighted by Crippen LogP contribution is 2.26. The number of amides is 1. The summed E-state index contributed by atoms with van der Waals surface area (Å²) in [6.07, 6.45) is 4.88. The molecule has 0 saturated carbocycles. The Morgan fingerprint density at radius 1 is 0.926 bits per heavy atom. The number of carbonyl (C=O) groups excluding carboxylic acids is 1. The van der Waals surface area contributed by atoms with Crippen molar-refractivity contribution in [1.29, 1.82) is 0 Å². The Bertz CT molecular complexity index is 911. The van der Waals surface area contributed by atoms with E-state index in [1.807, 2.05) is 4.90 Å². The van der Waals surface area contributed by atoms with Crippen LogP contribution >= 0.6 is 11.3 Å². The molecule has 2 aliphatic rings. The third kappa shape index (κ3) is 3.81. The first-order chi connectivity index (χ1) is 13.1. The zero-order chi connectivity index (χ0) is 18.9. The molecule has 0 spiro atoms. The molecule has 3 heterocycles. The fraction of sp³-hybridized carbons (Fsp3) is 0.450. The van der Waals surface area contributed by atoms with Gasteiger partial charge in [0.1, 0.15) is 0 Å². The molecular weight excluding hydrogens is 380 g/mol. The first kappa shape index (κ1) is 18.7. The number of benzene rings is 1. The van der Waals surface area contributed by atoms with Crippen molar-refractivity contribution in [3.63, 3.8) is 0 Å². The molecule has 0 aliphatic carbocycles. The molecule has 1 amide bonds. The topological polar surface area (TPSA) is 57.7 Å². The summed E-state index contributed by atoms with van der Waals surface area (Å²) in [6, 6.07) is 8.53. The largest absolute Gasteiger partial charge is 0.334 e. The standard InChI is InChI=1S/C20H24N2O3S2/c23-20(21-13-9-19-17(15-21)10-14-26-19)16-5-7-18(8-6-16)27(24,25)22-11-3-1-2-4-12-22/h5-8,10,14H,1-4,9,11-13,15H2. The number of hydrogen-bond acceptors (Lipinski definition) is 4. The molecule has 2 aromatic rings. The van der Waals surface area contributed by atoms with Gasteiger partial charge in [-0.2, -0.15) is 4.31 Å². The number of thiophene rings is 1. The van der Waals surface area contributed by atoms with Crippen LogP contribution in [0.2, 0.25) is 0 Å². The maximum Gasteiger partial charge on any atom is 0.254 e. The van der Waals surface area contributed by atoms with Crippen molar-refractivity contribution in [2.75, 3.05) is 19.6 Å². The van der Waals surface area contributed by atoms with E-state index in [0.29, 0.717) is 31.7 Å². The summed E-state index contributed by atoms with van der Waals surface area (Å²) in [4.78, 5) is 16.3. The van der Waals surface area contributed by atoms with Gasteiger partial charge in [-0.1, -0.05) is 12.8 Å². The van der Waals surface area contributed by atoms with Crippen LogP contribution in [0.1, 0.15) is 46.5 Å². The molecule has 0 atom stereocenters. The quantitative estimate of drug-likeness (QED) is 0.787.